The van der Waals surface area contributed by atoms with Crippen LogP contribution in [0, 0.1) is 6.92 Å². The summed E-state index contributed by atoms with van der Waals surface area (Å²) in [5.74, 6) is 0. The number of likely N-dealkylation sites (tertiary alicyclic amines) is 1. The number of piperidine rings is 1. The minimum atomic E-state index is 0.712. The highest BCUT2D eigenvalue weighted by Crippen LogP contribution is 2.19. The van der Waals surface area contributed by atoms with Crippen molar-refractivity contribution in [2.24, 2.45) is 0 Å². The molecule has 0 aliphatic carbocycles. The standard InChI is InChI=1S/C21H28N2/c1-18-8-10-20(11-9-18)17-23-14-12-21(13-15-23)22(2)16-19-6-4-3-5-7-19/h3-11,21H,12-17H2,1-2H3. The molecule has 1 aliphatic rings. The van der Waals surface area contributed by atoms with Crippen molar-refractivity contribution in [1.29, 1.82) is 0 Å². The molecular formula is C21H28N2. The molecule has 0 radical (unpaired) electrons. The Labute approximate surface area is 140 Å². The Kier molecular flexibility index (Phi) is 5.47. The molecule has 0 amide bonds. The third kappa shape index (κ3) is 4.66. The molecule has 0 saturated carbocycles. The van der Waals surface area contributed by atoms with E-state index < -0.39 is 0 Å². The highest BCUT2D eigenvalue weighted by molar-refractivity contribution is 5.21. The number of rotatable bonds is 5. The summed E-state index contributed by atoms with van der Waals surface area (Å²) in [6.07, 6.45) is 2.55. The van der Waals surface area contributed by atoms with Gasteiger partial charge in [-0.1, -0.05) is 60.2 Å². The number of benzene rings is 2. The summed E-state index contributed by atoms with van der Waals surface area (Å²) in [6.45, 7) is 6.71. The van der Waals surface area contributed by atoms with Gasteiger partial charge in [-0.05, 0) is 51.0 Å². The molecule has 2 nitrogen and oxygen atoms in total. The second-order valence-corrected chi connectivity index (χ2v) is 6.89. The van der Waals surface area contributed by atoms with Gasteiger partial charge in [0.2, 0.25) is 0 Å². The van der Waals surface area contributed by atoms with Crippen molar-refractivity contribution < 1.29 is 0 Å². The largest absolute Gasteiger partial charge is 0.299 e. The SMILES string of the molecule is Cc1ccc(CN2CCC(N(C)Cc3ccccc3)CC2)cc1. The average Bonchev–Trinajstić information content (AvgIpc) is 2.58. The van der Waals surface area contributed by atoms with E-state index in [1.807, 2.05) is 0 Å². The first-order valence-electron chi connectivity index (χ1n) is 8.73. The van der Waals surface area contributed by atoms with Crippen molar-refractivity contribution in [2.75, 3.05) is 20.1 Å². The minimum Gasteiger partial charge on any atom is -0.299 e. The van der Waals surface area contributed by atoms with Gasteiger partial charge in [0.05, 0.1) is 0 Å². The Bertz CT molecular complexity index is 583. The summed E-state index contributed by atoms with van der Waals surface area (Å²) in [6, 6.07) is 20.5. The summed E-state index contributed by atoms with van der Waals surface area (Å²) in [7, 11) is 2.27. The van der Waals surface area contributed by atoms with Crippen molar-refractivity contribution in [3.63, 3.8) is 0 Å². The fourth-order valence-corrected chi connectivity index (χ4v) is 3.47. The molecule has 0 aromatic heterocycles. The smallest absolute Gasteiger partial charge is 0.0233 e. The number of hydrogen-bond donors (Lipinski definition) is 0. The normalized spacial score (nSPS) is 16.8. The van der Waals surface area contributed by atoms with Crippen LogP contribution < -0.4 is 0 Å². The van der Waals surface area contributed by atoms with Crippen LogP contribution in [0.5, 0.6) is 0 Å². The molecule has 2 aromatic rings. The maximum absolute atomic E-state index is 2.59. The highest BCUT2D eigenvalue weighted by atomic mass is 15.2. The van der Waals surface area contributed by atoms with Crippen molar-refractivity contribution in [1.82, 2.24) is 9.80 Å². The van der Waals surface area contributed by atoms with Crippen LogP contribution >= 0.6 is 0 Å². The number of aryl methyl sites for hydroxylation is 1. The predicted molar refractivity (Wildman–Crippen MR) is 97.4 cm³/mol. The molecule has 0 bridgehead atoms. The first kappa shape index (κ1) is 16.2. The zero-order valence-electron chi connectivity index (χ0n) is 14.4. The quantitative estimate of drug-likeness (QED) is 0.821. The number of nitrogens with zero attached hydrogens (tertiary/aromatic N) is 2. The van der Waals surface area contributed by atoms with Crippen LogP contribution in [0.15, 0.2) is 54.6 Å². The summed E-state index contributed by atoms with van der Waals surface area (Å²) in [4.78, 5) is 5.12. The van der Waals surface area contributed by atoms with Crippen molar-refractivity contribution in [3.05, 3.63) is 71.3 Å². The lowest BCUT2D eigenvalue weighted by molar-refractivity contribution is 0.119. The lowest BCUT2D eigenvalue weighted by Crippen LogP contribution is -2.42. The van der Waals surface area contributed by atoms with Gasteiger partial charge in [0.15, 0.2) is 0 Å². The summed E-state index contributed by atoms with van der Waals surface area (Å²) < 4.78 is 0. The zero-order chi connectivity index (χ0) is 16.1. The van der Waals surface area contributed by atoms with Crippen LogP contribution in [-0.4, -0.2) is 36.0 Å². The first-order valence-corrected chi connectivity index (χ1v) is 8.73. The fraction of sp³-hybridized carbons (Fsp3) is 0.429. The molecule has 0 spiro atoms. The Morgan fingerprint density at radius 2 is 1.57 bits per heavy atom. The summed E-state index contributed by atoms with van der Waals surface area (Å²) >= 11 is 0. The van der Waals surface area contributed by atoms with E-state index in [0.717, 1.165) is 13.1 Å². The maximum Gasteiger partial charge on any atom is 0.0233 e. The van der Waals surface area contributed by atoms with Gasteiger partial charge >= 0.3 is 0 Å². The fourth-order valence-electron chi connectivity index (χ4n) is 3.47. The molecule has 3 rings (SSSR count). The molecule has 23 heavy (non-hydrogen) atoms. The third-order valence-corrected chi connectivity index (χ3v) is 4.98. The highest BCUT2D eigenvalue weighted by Gasteiger charge is 2.22. The van der Waals surface area contributed by atoms with E-state index in [4.69, 9.17) is 0 Å². The second kappa shape index (κ2) is 7.76. The Morgan fingerprint density at radius 1 is 0.913 bits per heavy atom. The van der Waals surface area contributed by atoms with Crippen LogP contribution in [0.4, 0.5) is 0 Å². The molecule has 1 heterocycles. The van der Waals surface area contributed by atoms with E-state index in [2.05, 4.69) is 78.4 Å². The first-order chi connectivity index (χ1) is 11.2. The molecule has 2 heteroatoms. The van der Waals surface area contributed by atoms with Gasteiger partial charge in [0, 0.05) is 19.1 Å². The van der Waals surface area contributed by atoms with E-state index in [1.165, 1.54) is 42.6 Å². The van der Waals surface area contributed by atoms with E-state index in [1.54, 1.807) is 0 Å². The Balaban J connectivity index is 1.47. The molecule has 2 aromatic carbocycles. The molecule has 1 fully saturated rings. The van der Waals surface area contributed by atoms with Gasteiger partial charge in [-0.2, -0.15) is 0 Å². The van der Waals surface area contributed by atoms with E-state index in [-0.39, 0.29) is 0 Å². The maximum atomic E-state index is 2.59. The Hall–Kier alpha value is -1.64. The molecule has 122 valence electrons. The summed E-state index contributed by atoms with van der Waals surface area (Å²) in [5, 5.41) is 0. The van der Waals surface area contributed by atoms with Gasteiger partial charge in [-0.3, -0.25) is 9.80 Å². The van der Waals surface area contributed by atoms with Gasteiger partial charge in [0.1, 0.15) is 0 Å². The molecular weight excluding hydrogens is 280 g/mol. The van der Waals surface area contributed by atoms with Crippen molar-refractivity contribution in [3.8, 4) is 0 Å². The summed E-state index contributed by atoms with van der Waals surface area (Å²) in [5.41, 5.74) is 4.19. The van der Waals surface area contributed by atoms with Gasteiger partial charge < -0.3 is 0 Å². The molecule has 1 saturated heterocycles. The van der Waals surface area contributed by atoms with E-state index in [9.17, 15) is 0 Å². The average molecular weight is 308 g/mol. The molecule has 1 aliphatic heterocycles. The minimum absolute atomic E-state index is 0.712. The molecule has 0 unspecified atom stereocenters. The van der Waals surface area contributed by atoms with Gasteiger partial charge in [0.25, 0.3) is 0 Å². The van der Waals surface area contributed by atoms with Crippen LogP contribution in [0.2, 0.25) is 0 Å². The van der Waals surface area contributed by atoms with E-state index in [0.29, 0.717) is 6.04 Å². The van der Waals surface area contributed by atoms with Gasteiger partial charge in [-0.25, -0.2) is 0 Å². The lowest BCUT2D eigenvalue weighted by atomic mass is 10.0. The van der Waals surface area contributed by atoms with Crippen molar-refractivity contribution in [2.45, 2.75) is 38.9 Å². The third-order valence-electron chi connectivity index (χ3n) is 4.98. The number of hydrogen-bond acceptors (Lipinski definition) is 2. The van der Waals surface area contributed by atoms with Crippen LogP contribution in [0.25, 0.3) is 0 Å². The second-order valence-electron chi connectivity index (χ2n) is 6.89. The monoisotopic (exact) mass is 308 g/mol. The van der Waals surface area contributed by atoms with Crippen LogP contribution in [0.3, 0.4) is 0 Å². The van der Waals surface area contributed by atoms with Crippen LogP contribution in [0.1, 0.15) is 29.5 Å². The lowest BCUT2D eigenvalue weighted by Gasteiger charge is -2.36. The zero-order valence-corrected chi connectivity index (χ0v) is 14.4. The van der Waals surface area contributed by atoms with Gasteiger partial charge in [-0.15, -0.1) is 0 Å². The topological polar surface area (TPSA) is 6.48 Å². The molecule has 0 N–H and O–H groups in total. The Morgan fingerprint density at radius 3 is 2.22 bits per heavy atom. The van der Waals surface area contributed by atoms with Crippen molar-refractivity contribution >= 4 is 0 Å². The molecule has 0 atom stereocenters. The van der Waals surface area contributed by atoms with Crippen LogP contribution in [-0.2, 0) is 13.1 Å². The van der Waals surface area contributed by atoms with E-state index >= 15 is 0 Å². The predicted octanol–water partition coefficient (Wildman–Crippen LogP) is 4.09.